The van der Waals surface area contributed by atoms with E-state index in [9.17, 15) is 0 Å². The minimum Gasteiger partial charge on any atom is -0.396 e. The van der Waals surface area contributed by atoms with Gasteiger partial charge in [0.15, 0.2) is 0 Å². The molecule has 96 valence electrons. The van der Waals surface area contributed by atoms with Gasteiger partial charge in [0, 0.05) is 12.6 Å². The number of nitrogens with one attached hydrogen (secondary N) is 1. The van der Waals surface area contributed by atoms with Crippen LogP contribution in [-0.2, 0) is 0 Å². The second kappa shape index (κ2) is 8.04. The zero-order valence-electron chi connectivity index (χ0n) is 10.9. The van der Waals surface area contributed by atoms with E-state index in [1.54, 1.807) is 0 Å². The standard InChI is InChI=1S/C13H28N2O/c1-12(2)14-11-13-5-8-15(9-6-13)7-3-4-10-16/h12-14,16H,3-11H2,1-2H3. The van der Waals surface area contributed by atoms with Crippen LogP contribution in [0.15, 0.2) is 0 Å². The van der Waals surface area contributed by atoms with Gasteiger partial charge in [-0.3, -0.25) is 0 Å². The largest absolute Gasteiger partial charge is 0.396 e. The predicted octanol–water partition coefficient (Wildman–Crippen LogP) is 1.47. The monoisotopic (exact) mass is 228 g/mol. The van der Waals surface area contributed by atoms with E-state index in [-0.39, 0.29) is 0 Å². The van der Waals surface area contributed by atoms with Gasteiger partial charge >= 0.3 is 0 Å². The summed E-state index contributed by atoms with van der Waals surface area (Å²) >= 11 is 0. The lowest BCUT2D eigenvalue weighted by atomic mass is 9.96. The lowest BCUT2D eigenvalue weighted by Crippen LogP contribution is -2.39. The van der Waals surface area contributed by atoms with E-state index in [2.05, 4.69) is 24.1 Å². The molecule has 1 aliphatic rings. The van der Waals surface area contributed by atoms with Gasteiger partial charge in [-0.15, -0.1) is 0 Å². The minimum absolute atomic E-state index is 0.342. The average molecular weight is 228 g/mol. The highest BCUT2D eigenvalue weighted by atomic mass is 16.2. The van der Waals surface area contributed by atoms with Crippen LogP contribution in [0.4, 0.5) is 0 Å². The highest BCUT2D eigenvalue weighted by Crippen LogP contribution is 2.16. The zero-order chi connectivity index (χ0) is 11.8. The molecule has 1 aliphatic heterocycles. The van der Waals surface area contributed by atoms with E-state index in [0.29, 0.717) is 12.6 Å². The normalized spacial score (nSPS) is 19.5. The number of hydrogen-bond acceptors (Lipinski definition) is 3. The van der Waals surface area contributed by atoms with Gasteiger partial charge in [-0.05, 0) is 57.8 Å². The van der Waals surface area contributed by atoms with Crippen molar-refractivity contribution in [3.63, 3.8) is 0 Å². The molecule has 0 aromatic carbocycles. The van der Waals surface area contributed by atoms with Crippen LogP contribution in [0.5, 0.6) is 0 Å². The Balaban J connectivity index is 2.04. The zero-order valence-corrected chi connectivity index (χ0v) is 10.9. The summed E-state index contributed by atoms with van der Waals surface area (Å²) in [5, 5.41) is 12.3. The van der Waals surface area contributed by atoms with Crippen molar-refractivity contribution in [2.45, 2.75) is 45.6 Å². The number of likely N-dealkylation sites (tertiary alicyclic amines) is 1. The third kappa shape index (κ3) is 5.83. The first-order valence-corrected chi connectivity index (χ1v) is 6.79. The lowest BCUT2D eigenvalue weighted by Gasteiger charge is -2.32. The first-order chi connectivity index (χ1) is 7.72. The number of unbranched alkanes of at least 4 members (excludes halogenated alkanes) is 1. The maximum atomic E-state index is 8.73. The maximum absolute atomic E-state index is 8.73. The number of nitrogens with zero attached hydrogens (tertiary/aromatic N) is 1. The van der Waals surface area contributed by atoms with Crippen molar-refractivity contribution in [2.75, 3.05) is 32.8 Å². The quantitative estimate of drug-likeness (QED) is 0.648. The number of piperidine rings is 1. The molecule has 0 bridgehead atoms. The highest BCUT2D eigenvalue weighted by molar-refractivity contribution is 4.74. The molecule has 3 heteroatoms. The Morgan fingerprint density at radius 1 is 1.25 bits per heavy atom. The van der Waals surface area contributed by atoms with Crippen molar-refractivity contribution in [3.8, 4) is 0 Å². The van der Waals surface area contributed by atoms with Crippen molar-refractivity contribution in [1.29, 1.82) is 0 Å². The van der Waals surface area contributed by atoms with Crippen LogP contribution in [0, 0.1) is 5.92 Å². The fraction of sp³-hybridized carbons (Fsp3) is 1.00. The molecule has 1 fully saturated rings. The summed E-state index contributed by atoms with van der Waals surface area (Å²) in [6.07, 6.45) is 4.76. The van der Waals surface area contributed by atoms with E-state index in [0.717, 1.165) is 18.8 Å². The van der Waals surface area contributed by atoms with Crippen molar-refractivity contribution >= 4 is 0 Å². The fourth-order valence-corrected chi connectivity index (χ4v) is 2.26. The summed E-state index contributed by atoms with van der Waals surface area (Å²) in [7, 11) is 0. The summed E-state index contributed by atoms with van der Waals surface area (Å²) < 4.78 is 0. The van der Waals surface area contributed by atoms with Crippen molar-refractivity contribution in [1.82, 2.24) is 10.2 Å². The molecule has 1 heterocycles. The molecule has 0 spiro atoms. The van der Waals surface area contributed by atoms with Gasteiger partial charge in [-0.25, -0.2) is 0 Å². The molecule has 1 rings (SSSR count). The second-order valence-corrected chi connectivity index (χ2v) is 5.28. The van der Waals surface area contributed by atoms with E-state index in [1.165, 1.54) is 39.0 Å². The molecule has 0 aromatic rings. The van der Waals surface area contributed by atoms with Crippen molar-refractivity contribution in [3.05, 3.63) is 0 Å². The Bertz CT molecular complexity index is 165. The van der Waals surface area contributed by atoms with Crippen LogP contribution in [0.3, 0.4) is 0 Å². The molecule has 0 unspecified atom stereocenters. The van der Waals surface area contributed by atoms with Crippen molar-refractivity contribution < 1.29 is 5.11 Å². The molecule has 0 amide bonds. The Morgan fingerprint density at radius 2 is 1.94 bits per heavy atom. The summed E-state index contributed by atoms with van der Waals surface area (Å²) in [6.45, 7) is 9.61. The molecule has 1 saturated heterocycles. The lowest BCUT2D eigenvalue weighted by molar-refractivity contribution is 0.173. The van der Waals surface area contributed by atoms with Gasteiger partial charge in [0.1, 0.15) is 0 Å². The van der Waals surface area contributed by atoms with Crippen molar-refractivity contribution in [2.24, 2.45) is 5.92 Å². The minimum atomic E-state index is 0.342. The molecular weight excluding hydrogens is 200 g/mol. The van der Waals surface area contributed by atoms with Gasteiger partial charge in [0.05, 0.1) is 0 Å². The average Bonchev–Trinajstić information content (AvgIpc) is 2.28. The van der Waals surface area contributed by atoms with Gasteiger partial charge in [-0.1, -0.05) is 13.8 Å². The Kier molecular flexibility index (Phi) is 7.01. The van der Waals surface area contributed by atoms with E-state index in [1.807, 2.05) is 0 Å². The van der Waals surface area contributed by atoms with Gasteiger partial charge in [0.2, 0.25) is 0 Å². The molecule has 0 atom stereocenters. The predicted molar refractivity (Wildman–Crippen MR) is 68.6 cm³/mol. The summed E-state index contributed by atoms with van der Waals surface area (Å²) in [6, 6.07) is 0.614. The van der Waals surface area contributed by atoms with Crippen LogP contribution >= 0.6 is 0 Å². The van der Waals surface area contributed by atoms with Crippen LogP contribution < -0.4 is 5.32 Å². The molecule has 0 aliphatic carbocycles. The number of rotatable bonds is 7. The van der Waals surface area contributed by atoms with Gasteiger partial charge < -0.3 is 15.3 Å². The van der Waals surface area contributed by atoms with Gasteiger partial charge in [-0.2, -0.15) is 0 Å². The topological polar surface area (TPSA) is 35.5 Å². The number of aliphatic hydroxyl groups excluding tert-OH is 1. The SMILES string of the molecule is CC(C)NCC1CCN(CCCCO)CC1. The summed E-state index contributed by atoms with van der Waals surface area (Å²) in [5.41, 5.74) is 0. The van der Waals surface area contributed by atoms with Crippen LogP contribution in [-0.4, -0.2) is 48.8 Å². The van der Waals surface area contributed by atoms with Crippen LogP contribution in [0.25, 0.3) is 0 Å². The van der Waals surface area contributed by atoms with E-state index < -0.39 is 0 Å². The molecular formula is C13H28N2O. The smallest absolute Gasteiger partial charge is 0.0431 e. The molecule has 0 radical (unpaired) electrons. The Labute approximate surface area is 100 Å². The molecule has 0 saturated carbocycles. The van der Waals surface area contributed by atoms with Crippen LogP contribution in [0.1, 0.15) is 39.5 Å². The van der Waals surface area contributed by atoms with Crippen LogP contribution in [0.2, 0.25) is 0 Å². The second-order valence-electron chi connectivity index (χ2n) is 5.28. The first-order valence-electron chi connectivity index (χ1n) is 6.79. The fourth-order valence-electron chi connectivity index (χ4n) is 2.26. The Hall–Kier alpha value is -0.120. The first kappa shape index (κ1) is 13.9. The number of aliphatic hydroxyl groups is 1. The van der Waals surface area contributed by atoms with E-state index >= 15 is 0 Å². The Morgan fingerprint density at radius 3 is 2.50 bits per heavy atom. The summed E-state index contributed by atoms with van der Waals surface area (Å²) in [4.78, 5) is 2.54. The molecule has 2 N–H and O–H groups in total. The third-order valence-corrected chi connectivity index (χ3v) is 3.40. The van der Waals surface area contributed by atoms with E-state index in [4.69, 9.17) is 5.11 Å². The summed E-state index contributed by atoms with van der Waals surface area (Å²) in [5.74, 6) is 0.872. The highest BCUT2D eigenvalue weighted by Gasteiger charge is 2.18. The van der Waals surface area contributed by atoms with Gasteiger partial charge in [0.25, 0.3) is 0 Å². The molecule has 0 aromatic heterocycles. The third-order valence-electron chi connectivity index (χ3n) is 3.40. The molecule has 3 nitrogen and oxygen atoms in total. The number of hydrogen-bond donors (Lipinski definition) is 2. The maximum Gasteiger partial charge on any atom is 0.0431 e. The molecule has 16 heavy (non-hydrogen) atoms.